The molecule has 0 unspecified atom stereocenters. The molecule has 0 aromatic carbocycles. The largest absolute Gasteiger partial charge is 0.358 e. The Labute approximate surface area is 119 Å². The molecule has 20 heavy (non-hydrogen) atoms. The number of nitrogens with one attached hydrogen (secondary N) is 2. The SMILES string of the molecule is Cn1c([N+](=O)[O-])cnc1C1=CNN(N2CCNCC2)S1. The van der Waals surface area contributed by atoms with Gasteiger partial charge in [-0.3, -0.25) is 0 Å². The molecule has 1 saturated heterocycles. The lowest BCUT2D eigenvalue weighted by molar-refractivity contribution is -0.391. The van der Waals surface area contributed by atoms with Crippen LogP contribution in [0.3, 0.4) is 0 Å². The topological polar surface area (TPSA) is 91.5 Å². The van der Waals surface area contributed by atoms with Crippen LogP contribution in [0.5, 0.6) is 0 Å². The monoisotopic (exact) mass is 297 g/mol. The van der Waals surface area contributed by atoms with E-state index in [4.69, 9.17) is 0 Å². The molecular weight excluding hydrogens is 282 g/mol. The molecule has 9 nitrogen and oxygen atoms in total. The molecule has 0 bridgehead atoms. The molecule has 1 aromatic heterocycles. The third kappa shape index (κ3) is 2.38. The summed E-state index contributed by atoms with van der Waals surface area (Å²) < 4.78 is 3.43. The van der Waals surface area contributed by atoms with E-state index in [0.29, 0.717) is 5.82 Å². The van der Waals surface area contributed by atoms with Crippen molar-refractivity contribution >= 4 is 22.7 Å². The fourth-order valence-corrected chi connectivity index (χ4v) is 3.09. The number of piperazine rings is 1. The normalized spacial score (nSPS) is 20.8. The van der Waals surface area contributed by atoms with E-state index in [1.807, 2.05) is 10.7 Å². The van der Waals surface area contributed by atoms with Crippen molar-refractivity contribution in [2.45, 2.75) is 0 Å². The fraction of sp³-hybridized carbons (Fsp3) is 0.500. The molecule has 3 rings (SSSR count). The number of rotatable bonds is 3. The van der Waals surface area contributed by atoms with Crippen LogP contribution in [0.15, 0.2) is 12.4 Å². The van der Waals surface area contributed by atoms with Crippen molar-refractivity contribution in [1.82, 2.24) is 29.8 Å². The summed E-state index contributed by atoms with van der Waals surface area (Å²) in [5, 5.41) is 16.3. The highest BCUT2D eigenvalue weighted by molar-refractivity contribution is 8.06. The summed E-state index contributed by atoms with van der Waals surface area (Å²) in [6, 6.07) is 0. The highest BCUT2D eigenvalue weighted by Gasteiger charge is 2.29. The van der Waals surface area contributed by atoms with Crippen molar-refractivity contribution in [1.29, 1.82) is 0 Å². The van der Waals surface area contributed by atoms with Crippen LogP contribution in [-0.4, -0.2) is 50.2 Å². The predicted molar refractivity (Wildman–Crippen MR) is 74.8 cm³/mol. The van der Waals surface area contributed by atoms with Crippen molar-refractivity contribution in [2.24, 2.45) is 7.05 Å². The standard InChI is InChI=1S/C10H15N7O2S/c1-14-9(16(18)19)7-12-10(14)8-6-13-17(20-8)15-4-2-11-3-5-15/h6-7,11,13H,2-5H2,1H3. The number of aromatic nitrogens is 2. The van der Waals surface area contributed by atoms with Crippen LogP contribution < -0.4 is 10.7 Å². The van der Waals surface area contributed by atoms with E-state index < -0.39 is 4.92 Å². The summed E-state index contributed by atoms with van der Waals surface area (Å²) >= 11 is 1.49. The second-order valence-electron chi connectivity index (χ2n) is 4.46. The Bertz CT molecular complexity index is 552. The van der Waals surface area contributed by atoms with E-state index in [9.17, 15) is 10.1 Å². The Morgan fingerprint density at radius 2 is 2.20 bits per heavy atom. The summed E-state index contributed by atoms with van der Waals surface area (Å²) in [7, 11) is 1.65. The molecule has 3 heterocycles. The van der Waals surface area contributed by atoms with Crippen LogP contribution in [0.25, 0.3) is 4.91 Å². The zero-order chi connectivity index (χ0) is 14.1. The van der Waals surface area contributed by atoms with Crippen LogP contribution in [0, 0.1) is 10.1 Å². The summed E-state index contributed by atoms with van der Waals surface area (Å²) in [5.74, 6) is 0.578. The minimum Gasteiger partial charge on any atom is -0.358 e. The fourth-order valence-electron chi connectivity index (χ4n) is 2.14. The van der Waals surface area contributed by atoms with Crippen LogP contribution >= 0.6 is 11.9 Å². The van der Waals surface area contributed by atoms with Crippen LogP contribution in [0.2, 0.25) is 0 Å². The number of hydrazine groups is 2. The molecule has 108 valence electrons. The van der Waals surface area contributed by atoms with Gasteiger partial charge in [-0.15, -0.1) is 0 Å². The highest BCUT2D eigenvalue weighted by atomic mass is 32.2. The molecule has 1 aromatic rings. The molecule has 0 saturated carbocycles. The first-order chi connectivity index (χ1) is 9.66. The van der Waals surface area contributed by atoms with Gasteiger partial charge in [-0.2, -0.15) is 0 Å². The van der Waals surface area contributed by atoms with Gasteiger partial charge in [-0.1, -0.05) is 4.52 Å². The zero-order valence-electron chi connectivity index (χ0n) is 10.9. The zero-order valence-corrected chi connectivity index (χ0v) is 11.8. The van der Waals surface area contributed by atoms with Crippen molar-refractivity contribution in [3.63, 3.8) is 0 Å². The molecule has 1 fully saturated rings. The van der Waals surface area contributed by atoms with E-state index in [2.05, 4.69) is 20.7 Å². The van der Waals surface area contributed by atoms with Crippen molar-refractivity contribution < 1.29 is 4.92 Å². The molecular formula is C10H15N7O2S. The van der Waals surface area contributed by atoms with Gasteiger partial charge in [0.25, 0.3) is 0 Å². The summed E-state index contributed by atoms with van der Waals surface area (Å²) in [5.41, 5.74) is 3.15. The van der Waals surface area contributed by atoms with E-state index in [-0.39, 0.29) is 5.82 Å². The number of nitro groups is 1. The van der Waals surface area contributed by atoms with Crippen LogP contribution in [-0.2, 0) is 7.05 Å². The quantitative estimate of drug-likeness (QED) is 0.454. The van der Waals surface area contributed by atoms with Gasteiger partial charge in [0.2, 0.25) is 5.82 Å². The van der Waals surface area contributed by atoms with Gasteiger partial charge >= 0.3 is 5.82 Å². The first kappa shape index (κ1) is 13.4. The molecule has 0 amide bonds. The van der Waals surface area contributed by atoms with Crippen molar-refractivity contribution in [3.05, 3.63) is 28.3 Å². The van der Waals surface area contributed by atoms with Gasteiger partial charge in [-0.25, -0.2) is 14.6 Å². The summed E-state index contributed by atoms with van der Waals surface area (Å²) in [6.45, 7) is 3.73. The van der Waals surface area contributed by atoms with Gasteiger partial charge in [0.1, 0.15) is 11.1 Å². The maximum absolute atomic E-state index is 10.8. The van der Waals surface area contributed by atoms with Crippen LogP contribution in [0.1, 0.15) is 5.82 Å². The molecule has 0 radical (unpaired) electrons. The second-order valence-corrected chi connectivity index (χ2v) is 5.43. The summed E-state index contributed by atoms with van der Waals surface area (Å²) in [4.78, 5) is 15.4. The molecule has 2 aliphatic heterocycles. The lowest BCUT2D eigenvalue weighted by atomic mass is 10.4. The van der Waals surface area contributed by atoms with Crippen LogP contribution in [0.4, 0.5) is 5.82 Å². The Morgan fingerprint density at radius 3 is 2.85 bits per heavy atom. The predicted octanol–water partition coefficient (Wildman–Crippen LogP) is -0.0847. The van der Waals surface area contributed by atoms with Gasteiger partial charge in [0.15, 0.2) is 0 Å². The lowest BCUT2D eigenvalue weighted by Crippen LogP contribution is -2.52. The van der Waals surface area contributed by atoms with Crippen molar-refractivity contribution in [2.75, 3.05) is 26.2 Å². The molecule has 2 aliphatic rings. The number of hydrogen-bond acceptors (Lipinski definition) is 8. The number of imidazole rings is 1. The smallest absolute Gasteiger partial charge is 0.342 e. The Morgan fingerprint density at radius 1 is 1.45 bits per heavy atom. The maximum Gasteiger partial charge on any atom is 0.342 e. The number of nitrogens with zero attached hydrogens (tertiary/aromatic N) is 5. The third-order valence-corrected chi connectivity index (χ3v) is 4.22. The second kappa shape index (κ2) is 5.40. The van der Waals surface area contributed by atoms with Gasteiger partial charge in [-0.05, 0) is 4.92 Å². The maximum atomic E-state index is 10.8. The first-order valence-electron chi connectivity index (χ1n) is 6.23. The van der Waals surface area contributed by atoms with Gasteiger partial charge in [0.05, 0.1) is 7.05 Å². The van der Waals surface area contributed by atoms with E-state index in [1.54, 1.807) is 7.05 Å². The molecule has 0 aliphatic carbocycles. The molecule has 0 spiro atoms. The van der Waals surface area contributed by atoms with E-state index >= 15 is 0 Å². The Kier molecular flexibility index (Phi) is 3.61. The van der Waals surface area contributed by atoms with Gasteiger partial charge < -0.3 is 20.9 Å². The van der Waals surface area contributed by atoms with E-state index in [1.165, 1.54) is 22.7 Å². The number of hydrogen-bond donors (Lipinski definition) is 2. The minimum absolute atomic E-state index is 0.0119. The molecule has 10 heteroatoms. The average molecular weight is 297 g/mol. The minimum atomic E-state index is -0.432. The third-order valence-electron chi connectivity index (χ3n) is 3.21. The molecule has 0 atom stereocenters. The van der Waals surface area contributed by atoms with E-state index in [0.717, 1.165) is 31.1 Å². The average Bonchev–Trinajstić information content (AvgIpc) is 3.06. The summed E-state index contributed by atoms with van der Waals surface area (Å²) in [6.07, 6.45) is 3.10. The van der Waals surface area contributed by atoms with Gasteiger partial charge in [0, 0.05) is 44.3 Å². The van der Waals surface area contributed by atoms with Crippen molar-refractivity contribution in [3.8, 4) is 0 Å². The lowest BCUT2D eigenvalue weighted by Gasteiger charge is -2.33. The Hall–Kier alpha value is -1.62. The Balaban J connectivity index is 1.72. The first-order valence-corrected chi connectivity index (χ1v) is 7.00. The highest BCUT2D eigenvalue weighted by Crippen LogP contribution is 2.34. The molecule has 2 N–H and O–H groups in total.